The maximum Gasteiger partial charge on any atom is 0.338 e. The number of allylic oxidation sites excluding steroid dienone is 1. The highest BCUT2D eigenvalue weighted by molar-refractivity contribution is 7.07. The SMILES string of the molecule is CCOC(=O)C1=C(C)N=c2s/c(=C\c3ccc(-c4ccccc4[N+](=O)[O-])o3)c(=O)n2[C@H]1c1ccccc1OC. The first-order chi connectivity index (χ1) is 18.8. The number of aromatic nitrogens is 1. The van der Waals surface area contributed by atoms with Crippen LogP contribution in [0.2, 0.25) is 0 Å². The summed E-state index contributed by atoms with van der Waals surface area (Å²) in [7, 11) is 1.52. The van der Waals surface area contributed by atoms with E-state index in [1.54, 1.807) is 74.5 Å². The molecular formula is C28H23N3O7S. The third kappa shape index (κ3) is 4.68. The molecule has 0 aliphatic carbocycles. The summed E-state index contributed by atoms with van der Waals surface area (Å²) in [6.45, 7) is 3.58. The van der Waals surface area contributed by atoms with E-state index >= 15 is 0 Å². The Bertz CT molecular complexity index is 1810. The number of hydrogen-bond acceptors (Lipinski definition) is 9. The summed E-state index contributed by atoms with van der Waals surface area (Å²) >= 11 is 1.15. The van der Waals surface area contributed by atoms with Crippen LogP contribution in [0.3, 0.4) is 0 Å². The lowest BCUT2D eigenvalue weighted by molar-refractivity contribution is -0.384. The molecule has 10 nitrogen and oxygen atoms in total. The van der Waals surface area contributed by atoms with Crippen LogP contribution >= 0.6 is 11.3 Å². The van der Waals surface area contributed by atoms with Gasteiger partial charge in [-0.3, -0.25) is 19.5 Å². The van der Waals surface area contributed by atoms with Crippen molar-refractivity contribution >= 4 is 29.1 Å². The van der Waals surface area contributed by atoms with E-state index in [2.05, 4.69) is 4.99 Å². The molecule has 11 heteroatoms. The maximum atomic E-state index is 13.8. The molecule has 1 aliphatic rings. The normalized spacial score (nSPS) is 15.1. The molecule has 5 rings (SSSR count). The van der Waals surface area contributed by atoms with Gasteiger partial charge in [-0.15, -0.1) is 0 Å². The third-order valence-electron chi connectivity index (χ3n) is 6.22. The van der Waals surface area contributed by atoms with Gasteiger partial charge in [0, 0.05) is 17.7 Å². The average molecular weight is 546 g/mol. The van der Waals surface area contributed by atoms with Gasteiger partial charge in [-0.05, 0) is 38.1 Å². The Balaban J connectivity index is 1.66. The van der Waals surface area contributed by atoms with Crippen LogP contribution < -0.4 is 19.6 Å². The summed E-state index contributed by atoms with van der Waals surface area (Å²) in [6.07, 6.45) is 1.56. The molecule has 1 aliphatic heterocycles. The quantitative estimate of drug-likeness (QED) is 0.195. The molecule has 2 aromatic heterocycles. The van der Waals surface area contributed by atoms with Gasteiger partial charge < -0.3 is 13.9 Å². The molecule has 1 atom stereocenters. The van der Waals surface area contributed by atoms with Crippen LogP contribution in [0.1, 0.15) is 31.2 Å². The molecule has 198 valence electrons. The molecule has 0 N–H and O–H groups in total. The molecule has 0 radical (unpaired) electrons. The molecule has 0 spiro atoms. The number of thiazole rings is 1. The first-order valence-corrected chi connectivity index (χ1v) is 12.8. The zero-order chi connectivity index (χ0) is 27.7. The van der Waals surface area contributed by atoms with Crippen LogP contribution in [0, 0.1) is 10.1 Å². The number of nitro benzene ring substituents is 1. The van der Waals surface area contributed by atoms with Crippen LogP contribution in [0.25, 0.3) is 17.4 Å². The summed E-state index contributed by atoms with van der Waals surface area (Å²) in [5, 5.41) is 11.4. The Kier molecular flexibility index (Phi) is 6.99. The maximum absolute atomic E-state index is 13.8. The fourth-order valence-electron chi connectivity index (χ4n) is 4.52. The van der Waals surface area contributed by atoms with E-state index in [1.165, 1.54) is 17.7 Å². The number of para-hydroxylation sites is 2. The number of esters is 1. The predicted molar refractivity (Wildman–Crippen MR) is 144 cm³/mol. The first-order valence-electron chi connectivity index (χ1n) is 12.0. The summed E-state index contributed by atoms with van der Waals surface area (Å²) in [5.41, 5.74) is 1.16. The molecule has 0 saturated carbocycles. The lowest BCUT2D eigenvalue weighted by atomic mass is 9.95. The van der Waals surface area contributed by atoms with E-state index in [9.17, 15) is 19.7 Å². The number of fused-ring (bicyclic) bond motifs is 1. The van der Waals surface area contributed by atoms with Crippen LogP contribution in [-0.2, 0) is 9.53 Å². The molecule has 0 saturated heterocycles. The number of methoxy groups -OCH3 is 1. The number of carbonyl (C=O) groups is 1. The fraction of sp³-hybridized carbons (Fsp3) is 0.179. The van der Waals surface area contributed by atoms with Gasteiger partial charge in [0.1, 0.15) is 23.3 Å². The Morgan fingerprint density at radius 2 is 1.92 bits per heavy atom. The summed E-state index contributed by atoms with van der Waals surface area (Å²) in [4.78, 5) is 42.8. The number of nitro groups is 1. The van der Waals surface area contributed by atoms with Crippen molar-refractivity contribution in [2.75, 3.05) is 13.7 Å². The topological polar surface area (TPSA) is 126 Å². The fourth-order valence-corrected chi connectivity index (χ4v) is 5.55. The van der Waals surface area contributed by atoms with Gasteiger partial charge in [0.05, 0.1) is 40.0 Å². The number of nitrogens with zero attached hydrogens (tertiary/aromatic N) is 3. The third-order valence-corrected chi connectivity index (χ3v) is 7.20. The second kappa shape index (κ2) is 10.5. The van der Waals surface area contributed by atoms with Crippen molar-refractivity contribution in [3.63, 3.8) is 0 Å². The molecule has 0 bridgehead atoms. The smallest absolute Gasteiger partial charge is 0.338 e. The van der Waals surface area contributed by atoms with E-state index in [1.807, 2.05) is 0 Å². The Morgan fingerprint density at radius 3 is 2.67 bits per heavy atom. The Morgan fingerprint density at radius 1 is 1.18 bits per heavy atom. The standard InChI is InChI=1S/C28H23N3O7S/c1-4-37-27(33)24-16(2)29-28-30(25(24)19-10-6-8-12-21(19)36-3)26(32)23(39-28)15-17-13-14-22(38-17)18-9-5-7-11-20(18)31(34)35/h5-15,25H,4H2,1-3H3/b23-15-/t25-/m0/s1. The Labute approximate surface area is 225 Å². The Hall–Kier alpha value is -4.77. The number of hydrogen-bond donors (Lipinski definition) is 0. The monoisotopic (exact) mass is 545 g/mol. The van der Waals surface area contributed by atoms with Crippen molar-refractivity contribution in [1.29, 1.82) is 0 Å². The highest BCUT2D eigenvalue weighted by atomic mass is 32.1. The van der Waals surface area contributed by atoms with Gasteiger partial charge in [0.2, 0.25) is 0 Å². The molecule has 0 amide bonds. The number of ether oxygens (including phenoxy) is 2. The zero-order valence-corrected chi connectivity index (χ0v) is 22.1. The highest BCUT2D eigenvalue weighted by Gasteiger charge is 2.35. The second-order valence-corrected chi connectivity index (χ2v) is 9.53. The largest absolute Gasteiger partial charge is 0.496 e. The average Bonchev–Trinajstić information content (AvgIpc) is 3.52. The van der Waals surface area contributed by atoms with Crippen LogP contribution in [0.15, 0.2) is 86.1 Å². The molecule has 2 aromatic carbocycles. The van der Waals surface area contributed by atoms with Gasteiger partial charge in [0.15, 0.2) is 4.80 Å². The van der Waals surface area contributed by atoms with Crippen molar-refractivity contribution in [3.05, 3.63) is 113 Å². The lowest BCUT2D eigenvalue weighted by Gasteiger charge is -2.25. The van der Waals surface area contributed by atoms with Crippen LogP contribution in [0.4, 0.5) is 5.69 Å². The van der Waals surface area contributed by atoms with Crippen molar-refractivity contribution < 1.29 is 23.6 Å². The number of carbonyl (C=O) groups excluding carboxylic acids is 1. The van der Waals surface area contributed by atoms with Crippen molar-refractivity contribution in [1.82, 2.24) is 4.57 Å². The van der Waals surface area contributed by atoms with Gasteiger partial charge >= 0.3 is 5.97 Å². The first kappa shape index (κ1) is 25.9. The zero-order valence-electron chi connectivity index (χ0n) is 21.2. The minimum Gasteiger partial charge on any atom is -0.496 e. The summed E-state index contributed by atoms with van der Waals surface area (Å²) < 4.78 is 18.5. The summed E-state index contributed by atoms with van der Waals surface area (Å²) in [6, 6.07) is 15.9. The van der Waals surface area contributed by atoms with Crippen LogP contribution in [0.5, 0.6) is 5.75 Å². The van der Waals surface area contributed by atoms with E-state index in [0.717, 1.165) is 11.3 Å². The number of furan rings is 1. The predicted octanol–water partition coefficient (Wildman–Crippen LogP) is 3.98. The highest BCUT2D eigenvalue weighted by Crippen LogP contribution is 2.36. The number of rotatable bonds is 7. The van der Waals surface area contributed by atoms with Crippen molar-refractivity contribution in [2.24, 2.45) is 4.99 Å². The molecule has 3 heterocycles. The minimum atomic E-state index is -0.822. The lowest BCUT2D eigenvalue weighted by Crippen LogP contribution is -2.40. The number of benzene rings is 2. The van der Waals surface area contributed by atoms with E-state index < -0.39 is 16.9 Å². The molecule has 39 heavy (non-hydrogen) atoms. The van der Waals surface area contributed by atoms with Gasteiger partial charge in [-0.2, -0.15) is 0 Å². The summed E-state index contributed by atoms with van der Waals surface area (Å²) in [5.74, 6) is 0.579. The van der Waals surface area contributed by atoms with Crippen molar-refractivity contribution in [3.8, 4) is 17.1 Å². The van der Waals surface area contributed by atoms with Gasteiger partial charge in [0.25, 0.3) is 11.2 Å². The van der Waals surface area contributed by atoms with Crippen LogP contribution in [-0.4, -0.2) is 29.2 Å². The molecule has 0 unspecified atom stereocenters. The van der Waals surface area contributed by atoms with Gasteiger partial charge in [-0.1, -0.05) is 41.7 Å². The molecular weight excluding hydrogens is 522 g/mol. The van der Waals surface area contributed by atoms with E-state index in [4.69, 9.17) is 13.9 Å². The van der Waals surface area contributed by atoms with E-state index in [0.29, 0.717) is 43.4 Å². The van der Waals surface area contributed by atoms with Crippen molar-refractivity contribution in [2.45, 2.75) is 19.9 Å². The molecule has 4 aromatic rings. The minimum absolute atomic E-state index is 0.0865. The van der Waals surface area contributed by atoms with Gasteiger partial charge in [-0.25, -0.2) is 9.79 Å². The second-order valence-electron chi connectivity index (χ2n) is 8.52. The molecule has 0 fully saturated rings. The van der Waals surface area contributed by atoms with E-state index in [-0.39, 0.29) is 23.4 Å².